The zero-order valence-electron chi connectivity index (χ0n) is 27.6. The van der Waals surface area contributed by atoms with Gasteiger partial charge in [-0.05, 0) is 102 Å². The van der Waals surface area contributed by atoms with Crippen LogP contribution < -0.4 is 16.2 Å². The molecule has 8 nitrogen and oxygen atoms in total. The Morgan fingerprint density at radius 1 is 0.833 bits per heavy atom. The number of aliphatic hydroxyl groups excluding tert-OH is 1. The topological polar surface area (TPSA) is 159 Å². The molecule has 48 heavy (non-hydrogen) atoms. The van der Waals surface area contributed by atoms with E-state index < -0.39 is 6.17 Å². The van der Waals surface area contributed by atoms with Gasteiger partial charge in [0, 0.05) is 24.8 Å². The number of rotatable bonds is 18. The molecule has 8 heteroatoms. The van der Waals surface area contributed by atoms with Gasteiger partial charge in [-0.3, -0.25) is 4.79 Å². The fraction of sp³-hybridized carbons (Fsp3) is 0.325. The van der Waals surface area contributed by atoms with Crippen molar-refractivity contribution < 1.29 is 30.0 Å². The average molecular weight is 653 g/mol. The summed E-state index contributed by atoms with van der Waals surface area (Å²) in [5.41, 5.74) is 17.7. The molecule has 0 spiro atoms. The third-order valence-electron chi connectivity index (χ3n) is 8.39. The number of hydrogen-bond donors (Lipinski definition) is 6. The SMILES string of the molecule is C[C@H](O)CCCCCC=CC(=O)CCc1ccc(O)c(OCCc2ccc(O)c(Cc3ccc(C(N)N)cc3)c2-c2ccc(O)cc2)c1. The Morgan fingerprint density at radius 2 is 1.54 bits per heavy atom. The molecule has 0 aliphatic carbocycles. The zero-order valence-corrected chi connectivity index (χ0v) is 27.6. The number of allylic oxidation sites excluding steroid dienone is 2. The molecule has 0 aliphatic heterocycles. The first-order valence-corrected chi connectivity index (χ1v) is 16.7. The van der Waals surface area contributed by atoms with Gasteiger partial charge in [-0.1, -0.05) is 67.4 Å². The molecule has 4 aromatic carbocycles. The fourth-order valence-corrected chi connectivity index (χ4v) is 5.67. The lowest BCUT2D eigenvalue weighted by molar-refractivity contribution is -0.114. The van der Waals surface area contributed by atoms with Crippen LogP contribution in [0.5, 0.6) is 23.0 Å². The summed E-state index contributed by atoms with van der Waals surface area (Å²) in [6, 6.07) is 23.2. The van der Waals surface area contributed by atoms with Crippen LogP contribution in [0.15, 0.2) is 91.0 Å². The van der Waals surface area contributed by atoms with Gasteiger partial charge in [-0.2, -0.15) is 0 Å². The van der Waals surface area contributed by atoms with Crippen molar-refractivity contribution in [3.63, 3.8) is 0 Å². The van der Waals surface area contributed by atoms with Crippen LogP contribution in [0.2, 0.25) is 0 Å². The summed E-state index contributed by atoms with van der Waals surface area (Å²) < 4.78 is 6.06. The maximum atomic E-state index is 12.4. The minimum atomic E-state index is -0.568. The van der Waals surface area contributed by atoms with Gasteiger partial charge in [-0.25, -0.2) is 0 Å². The highest BCUT2D eigenvalue weighted by molar-refractivity contribution is 5.89. The molecule has 0 radical (unpaired) electrons. The average Bonchev–Trinajstić information content (AvgIpc) is 3.06. The van der Waals surface area contributed by atoms with Crippen molar-refractivity contribution in [1.82, 2.24) is 0 Å². The van der Waals surface area contributed by atoms with Crippen molar-refractivity contribution in [2.75, 3.05) is 6.61 Å². The molecule has 0 bridgehead atoms. The number of carbonyl (C=O) groups is 1. The largest absolute Gasteiger partial charge is 0.508 e. The summed E-state index contributed by atoms with van der Waals surface area (Å²) >= 11 is 0. The van der Waals surface area contributed by atoms with E-state index in [0.717, 1.165) is 71.0 Å². The fourth-order valence-electron chi connectivity index (χ4n) is 5.67. The Kier molecular flexibility index (Phi) is 13.6. The molecular formula is C40H48N2O6. The molecule has 1 atom stereocenters. The monoisotopic (exact) mass is 652 g/mol. The normalized spacial score (nSPS) is 12.1. The molecular weight excluding hydrogens is 604 g/mol. The molecule has 4 aromatic rings. The predicted octanol–water partition coefficient (Wildman–Crippen LogP) is 6.99. The van der Waals surface area contributed by atoms with Gasteiger partial charge in [0.1, 0.15) is 11.5 Å². The number of unbranched alkanes of at least 4 members (excludes halogenated alkanes) is 3. The minimum absolute atomic E-state index is 0.0198. The van der Waals surface area contributed by atoms with Crippen LogP contribution in [0.25, 0.3) is 11.1 Å². The van der Waals surface area contributed by atoms with Crippen molar-refractivity contribution >= 4 is 5.78 Å². The highest BCUT2D eigenvalue weighted by Gasteiger charge is 2.17. The van der Waals surface area contributed by atoms with Crippen LogP contribution in [0.4, 0.5) is 0 Å². The first-order valence-electron chi connectivity index (χ1n) is 16.7. The number of phenolic OH excluding ortho intramolecular Hbond substituents is 3. The molecule has 0 saturated carbocycles. The Hall–Kier alpha value is -4.63. The molecule has 0 saturated heterocycles. The lowest BCUT2D eigenvalue weighted by Gasteiger charge is -2.18. The molecule has 4 rings (SSSR count). The number of ketones is 1. The van der Waals surface area contributed by atoms with Gasteiger partial charge in [0.25, 0.3) is 0 Å². The number of carbonyl (C=O) groups excluding carboxylic acids is 1. The van der Waals surface area contributed by atoms with Crippen LogP contribution >= 0.6 is 0 Å². The number of nitrogens with two attached hydrogens (primary N) is 2. The number of ether oxygens (including phenoxy) is 1. The predicted molar refractivity (Wildman–Crippen MR) is 190 cm³/mol. The second kappa shape index (κ2) is 18.1. The summed E-state index contributed by atoms with van der Waals surface area (Å²) in [5.74, 6) is 0.720. The molecule has 254 valence electrons. The summed E-state index contributed by atoms with van der Waals surface area (Å²) in [5, 5.41) is 40.8. The van der Waals surface area contributed by atoms with Crippen molar-refractivity contribution in [3.05, 3.63) is 119 Å². The van der Waals surface area contributed by atoms with E-state index in [4.69, 9.17) is 16.2 Å². The summed E-state index contributed by atoms with van der Waals surface area (Å²) in [6.45, 7) is 2.06. The lowest BCUT2D eigenvalue weighted by atomic mass is 9.89. The number of hydrogen-bond acceptors (Lipinski definition) is 8. The van der Waals surface area contributed by atoms with Gasteiger partial charge in [-0.15, -0.1) is 0 Å². The van der Waals surface area contributed by atoms with E-state index in [1.54, 1.807) is 49.4 Å². The van der Waals surface area contributed by atoms with Crippen LogP contribution in [0.3, 0.4) is 0 Å². The van der Waals surface area contributed by atoms with Crippen molar-refractivity contribution in [2.45, 2.75) is 77.0 Å². The number of aryl methyl sites for hydroxylation is 1. The molecule has 0 heterocycles. The van der Waals surface area contributed by atoms with Crippen LogP contribution in [0, 0.1) is 0 Å². The summed E-state index contributed by atoms with van der Waals surface area (Å²) in [4.78, 5) is 12.4. The van der Waals surface area contributed by atoms with Gasteiger partial charge in [0.15, 0.2) is 17.3 Å². The standard InChI is InChI=1S/C40H48N2O6/c1-27(43)7-5-3-2-4-6-8-33(44)18-11-29-12-21-37(47)38(26-29)48-24-23-31-17-22-36(46)35(39(31)30-15-19-34(45)20-16-30)25-28-9-13-32(14-10-28)40(41)42/h6,8-10,12-17,19-22,26-27,40,43,45-47H,2-5,7,11,18,23-25,41-42H2,1H3/t27-/m0/s1. The van der Waals surface area contributed by atoms with Gasteiger partial charge in [0.2, 0.25) is 0 Å². The van der Waals surface area contributed by atoms with E-state index in [2.05, 4.69) is 0 Å². The second-order valence-corrected chi connectivity index (χ2v) is 12.3. The Morgan fingerprint density at radius 3 is 2.25 bits per heavy atom. The third kappa shape index (κ3) is 11.0. The lowest BCUT2D eigenvalue weighted by Crippen LogP contribution is -2.19. The van der Waals surface area contributed by atoms with Crippen LogP contribution in [0.1, 0.15) is 79.4 Å². The van der Waals surface area contributed by atoms with E-state index in [9.17, 15) is 25.2 Å². The first-order chi connectivity index (χ1) is 23.1. The maximum absolute atomic E-state index is 12.4. The van der Waals surface area contributed by atoms with E-state index >= 15 is 0 Å². The zero-order chi connectivity index (χ0) is 34.5. The molecule has 8 N–H and O–H groups in total. The summed E-state index contributed by atoms with van der Waals surface area (Å²) in [7, 11) is 0. The van der Waals surface area contributed by atoms with E-state index in [-0.39, 0.29) is 35.7 Å². The van der Waals surface area contributed by atoms with Gasteiger partial charge < -0.3 is 36.6 Å². The van der Waals surface area contributed by atoms with Crippen LogP contribution in [-0.4, -0.2) is 38.9 Å². The molecule has 0 unspecified atom stereocenters. The Balaban J connectivity index is 1.41. The molecule has 0 aliphatic rings. The number of aliphatic hydroxyl groups is 1. The number of aromatic hydroxyl groups is 3. The van der Waals surface area contributed by atoms with E-state index in [1.807, 2.05) is 48.5 Å². The number of phenols is 3. The smallest absolute Gasteiger partial charge is 0.161 e. The van der Waals surface area contributed by atoms with E-state index in [1.165, 1.54) is 0 Å². The number of benzene rings is 4. The Labute approximate surface area is 283 Å². The third-order valence-corrected chi connectivity index (χ3v) is 8.39. The van der Waals surface area contributed by atoms with Gasteiger partial charge in [0.05, 0.1) is 18.9 Å². The minimum Gasteiger partial charge on any atom is -0.508 e. The highest BCUT2D eigenvalue weighted by Crippen LogP contribution is 2.37. The van der Waals surface area contributed by atoms with Crippen molar-refractivity contribution in [1.29, 1.82) is 0 Å². The van der Waals surface area contributed by atoms with Crippen LogP contribution in [-0.2, 0) is 24.1 Å². The van der Waals surface area contributed by atoms with Gasteiger partial charge >= 0.3 is 0 Å². The molecule has 0 fully saturated rings. The van der Waals surface area contributed by atoms with Crippen molar-refractivity contribution in [3.8, 4) is 34.1 Å². The molecule has 0 amide bonds. The second-order valence-electron chi connectivity index (χ2n) is 12.3. The van der Waals surface area contributed by atoms with E-state index in [0.29, 0.717) is 31.4 Å². The summed E-state index contributed by atoms with van der Waals surface area (Å²) in [6.07, 6.45) is 9.23. The first kappa shape index (κ1) is 36.2. The highest BCUT2D eigenvalue weighted by atomic mass is 16.5. The molecule has 0 aromatic heterocycles. The maximum Gasteiger partial charge on any atom is 0.161 e. The Bertz CT molecular complexity index is 1650. The van der Waals surface area contributed by atoms with Crippen molar-refractivity contribution in [2.24, 2.45) is 11.5 Å². The quantitative estimate of drug-likeness (QED) is 0.0381.